The Balaban J connectivity index is 1.60. The van der Waals surface area contributed by atoms with Crippen LogP contribution in [0.1, 0.15) is 49.2 Å². The zero-order valence-corrected chi connectivity index (χ0v) is 19.1. The number of rotatable bonds is 8. The Bertz CT molecular complexity index is 1290. The summed E-state index contributed by atoms with van der Waals surface area (Å²) >= 11 is 1.37. The molecule has 2 aromatic carbocycles. The summed E-state index contributed by atoms with van der Waals surface area (Å²) in [6.45, 7) is 4.70. The van der Waals surface area contributed by atoms with E-state index >= 15 is 0 Å². The van der Waals surface area contributed by atoms with Crippen molar-refractivity contribution in [2.75, 3.05) is 5.32 Å². The van der Waals surface area contributed by atoms with Crippen LogP contribution in [0, 0.1) is 0 Å². The SMILES string of the molecule is CCCCn1nc(C(=O)Nc2nc(-c3ccc(CCC)cc3)cs2)c2ccccc2c1=O. The molecule has 0 aliphatic heterocycles. The molecule has 0 aliphatic carbocycles. The Morgan fingerprint density at radius 3 is 2.50 bits per heavy atom. The zero-order valence-electron chi connectivity index (χ0n) is 18.3. The fourth-order valence-electron chi connectivity index (χ4n) is 3.61. The number of unbranched alkanes of at least 4 members (excludes halogenated alkanes) is 1. The van der Waals surface area contributed by atoms with Gasteiger partial charge in [-0.3, -0.25) is 14.9 Å². The Morgan fingerprint density at radius 1 is 1.03 bits per heavy atom. The van der Waals surface area contributed by atoms with Crippen LogP contribution < -0.4 is 10.9 Å². The molecular formula is C25H26N4O2S. The van der Waals surface area contributed by atoms with E-state index in [2.05, 4.69) is 53.5 Å². The van der Waals surface area contributed by atoms with Gasteiger partial charge in [0.1, 0.15) is 0 Å². The molecule has 1 amide bonds. The molecule has 0 fully saturated rings. The van der Waals surface area contributed by atoms with Crippen LogP contribution in [0.2, 0.25) is 0 Å². The number of thiazole rings is 1. The number of anilines is 1. The number of hydrogen-bond donors (Lipinski definition) is 1. The smallest absolute Gasteiger partial charge is 0.278 e. The maximum atomic E-state index is 13.1. The molecule has 7 heteroatoms. The van der Waals surface area contributed by atoms with Crippen molar-refractivity contribution in [3.05, 3.63) is 75.5 Å². The van der Waals surface area contributed by atoms with E-state index in [1.807, 2.05) is 5.38 Å². The third-order valence-corrected chi connectivity index (χ3v) is 6.08. The lowest BCUT2D eigenvalue weighted by Gasteiger charge is -2.10. The van der Waals surface area contributed by atoms with Crippen LogP contribution in [-0.2, 0) is 13.0 Å². The third-order valence-electron chi connectivity index (χ3n) is 5.32. The third kappa shape index (κ3) is 4.62. The summed E-state index contributed by atoms with van der Waals surface area (Å²) in [4.78, 5) is 30.4. The summed E-state index contributed by atoms with van der Waals surface area (Å²) < 4.78 is 1.39. The number of aromatic nitrogens is 3. The van der Waals surface area contributed by atoms with Crippen LogP contribution in [-0.4, -0.2) is 20.7 Å². The van der Waals surface area contributed by atoms with Gasteiger partial charge in [-0.15, -0.1) is 11.3 Å². The van der Waals surface area contributed by atoms with Crippen molar-refractivity contribution in [2.24, 2.45) is 0 Å². The van der Waals surface area contributed by atoms with Gasteiger partial charge in [0.25, 0.3) is 11.5 Å². The normalized spacial score (nSPS) is 11.1. The fourth-order valence-corrected chi connectivity index (χ4v) is 4.33. The standard InChI is InChI=1S/C25H26N4O2S/c1-3-5-15-29-24(31)20-10-7-6-9-19(20)22(28-29)23(30)27-25-26-21(16-32-25)18-13-11-17(8-4-2)12-14-18/h6-7,9-14,16H,3-5,8,15H2,1-2H3,(H,26,27,30). The average Bonchev–Trinajstić information content (AvgIpc) is 3.28. The molecule has 0 spiro atoms. The Kier molecular flexibility index (Phi) is 6.75. The molecule has 0 saturated heterocycles. The van der Waals surface area contributed by atoms with E-state index in [1.165, 1.54) is 21.6 Å². The highest BCUT2D eigenvalue weighted by Crippen LogP contribution is 2.26. The summed E-state index contributed by atoms with van der Waals surface area (Å²) in [7, 11) is 0. The second-order valence-electron chi connectivity index (χ2n) is 7.71. The van der Waals surface area contributed by atoms with E-state index in [1.54, 1.807) is 24.3 Å². The minimum atomic E-state index is -0.370. The lowest BCUT2D eigenvalue weighted by molar-refractivity contribution is 0.102. The predicted molar refractivity (Wildman–Crippen MR) is 130 cm³/mol. The number of fused-ring (bicyclic) bond motifs is 1. The van der Waals surface area contributed by atoms with Crippen LogP contribution in [0.25, 0.3) is 22.0 Å². The molecule has 4 rings (SSSR count). The van der Waals surface area contributed by atoms with Gasteiger partial charge in [0.15, 0.2) is 10.8 Å². The molecule has 0 bridgehead atoms. The highest BCUT2D eigenvalue weighted by Gasteiger charge is 2.18. The van der Waals surface area contributed by atoms with Crippen molar-refractivity contribution in [1.82, 2.24) is 14.8 Å². The highest BCUT2D eigenvalue weighted by molar-refractivity contribution is 7.14. The molecule has 32 heavy (non-hydrogen) atoms. The summed E-state index contributed by atoms with van der Waals surface area (Å²) in [6.07, 6.45) is 3.92. The van der Waals surface area contributed by atoms with E-state index < -0.39 is 0 Å². The Morgan fingerprint density at radius 2 is 1.78 bits per heavy atom. The predicted octanol–water partition coefficient (Wildman–Crippen LogP) is 5.52. The maximum Gasteiger partial charge on any atom is 0.278 e. The van der Waals surface area contributed by atoms with Crippen molar-refractivity contribution < 1.29 is 4.79 Å². The van der Waals surface area contributed by atoms with Crippen molar-refractivity contribution in [3.8, 4) is 11.3 Å². The van der Waals surface area contributed by atoms with Crippen LogP contribution in [0.3, 0.4) is 0 Å². The first-order chi connectivity index (χ1) is 15.6. The molecule has 2 heterocycles. The number of carbonyl (C=O) groups excluding carboxylic acids is 1. The molecule has 0 atom stereocenters. The fraction of sp³-hybridized carbons (Fsp3) is 0.280. The topological polar surface area (TPSA) is 76.9 Å². The first-order valence-electron chi connectivity index (χ1n) is 11.0. The number of amides is 1. The zero-order chi connectivity index (χ0) is 22.5. The molecule has 0 saturated carbocycles. The summed E-state index contributed by atoms with van der Waals surface area (Å²) in [6, 6.07) is 15.5. The summed E-state index contributed by atoms with van der Waals surface area (Å²) in [5, 5.41) is 10.7. The average molecular weight is 447 g/mol. The van der Waals surface area contributed by atoms with Gasteiger partial charge in [0.2, 0.25) is 0 Å². The Hall–Kier alpha value is -3.32. The van der Waals surface area contributed by atoms with Crippen LogP contribution in [0.5, 0.6) is 0 Å². The molecule has 1 N–H and O–H groups in total. The van der Waals surface area contributed by atoms with E-state index in [9.17, 15) is 9.59 Å². The summed E-state index contributed by atoms with van der Waals surface area (Å²) in [5.74, 6) is -0.370. The van der Waals surface area contributed by atoms with Gasteiger partial charge in [-0.05, 0) is 24.5 Å². The highest BCUT2D eigenvalue weighted by atomic mass is 32.1. The first-order valence-corrected chi connectivity index (χ1v) is 11.8. The van der Waals surface area contributed by atoms with Gasteiger partial charge in [-0.1, -0.05) is 69.2 Å². The van der Waals surface area contributed by atoms with E-state index in [4.69, 9.17) is 0 Å². The van der Waals surface area contributed by atoms with Gasteiger partial charge in [0, 0.05) is 22.9 Å². The largest absolute Gasteiger partial charge is 0.296 e. The van der Waals surface area contributed by atoms with Gasteiger partial charge in [-0.25, -0.2) is 9.67 Å². The van der Waals surface area contributed by atoms with Crippen LogP contribution >= 0.6 is 11.3 Å². The quantitative estimate of drug-likeness (QED) is 0.386. The number of aryl methyl sites for hydroxylation is 2. The minimum Gasteiger partial charge on any atom is -0.296 e. The monoisotopic (exact) mass is 446 g/mol. The van der Waals surface area contributed by atoms with Crippen molar-refractivity contribution >= 4 is 33.1 Å². The van der Waals surface area contributed by atoms with E-state index in [0.29, 0.717) is 22.4 Å². The van der Waals surface area contributed by atoms with E-state index in [-0.39, 0.29) is 17.2 Å². The molecule has 2 aromatic heterocycles. The second kappa shape index (κ2) is 9.87. The van der Waals surface area contributed by atoms with Crippen molar-refractivity contribution in [1.29, 1.82) is 0 Å². The minimum absolute atomic E-state index is 0.173. The van der Waals surface area contributed by atoms with Gasteiger partial charge in [-0.2, -0.15) is 5.10 Å². The van der Waals surface area contributed by atoms with Gasteiger partial charge >= 0.3 is 0 Å². The number of hydrogen-bond acceptors (Lipinski definition) is 5. The van der Waals surface area contributed by atoms with Gasteiger partial charge < -0.3 is 0 Å². The maximum absolute atomic E-state index is 13.1. The molecule has 4 aromatic rings. The second-order valence-corrected chi connectivity index (χ2v) is 8.57. The number of nitrogens with one attached hydrogen (secondary N) is 1. The number of benzene rings is 2. The number of carbonyl (C=O) groups is 1. The van der Waals surface area contributed by atoms with Crippen molar-refractivity contribution in [3.63, 3.8) is 0 Å². The number of nitrogens with zero attached hydrogens (tertiary/aromatic N) is 3. The molecular weight excluding hydrogens is 420 g/mol. The lowest BCUT2D eigenvalue weighted by Crippen LogP contribution is -2.27. The van der Waals surface area contributed by atoms with E-state index in [0.717, 1.165) is 36.9 Å². The molecule has 0 radical (unpaired) electrons. The van der Waals surface area contributed by atoms with Crippen LogP contribution in [0.15, 0.2) is 58.7 Å². The lowest BCUT2D eigenvalue weighted by atomic mass is 10.1. The van der Waals surface area contributed by atoms with Crippen LogP contribution in [0.4, 0.5) is 5.13 Å². The van der Waals surface area contributed by atoms with Crippen molar-refractivity contribution in [2.45, 2.75) is 46.1 Å². The first kappa shape index (κ1) is 21.9. The van der Waals surface area contributed by atoms with Gasteiger partial charge in [0.05, 0.1) is 11.1 Å². The molecule has 0 aliphatic rings. The summed E-state index contributed by atoms with van der Waals surface area (Å²) in [5.41, 5.74) is 3.19. The Labute approximate surface area is 190 Å². The molecule has 6 nitrogen and oxygen atoms in total. The molecule has 0 unspecified atom stereocenters. The molecule has 164 valence electrons.